The van der Waals surface area contributed by atoms with Gasteiger partial charge in [0.2, 0.25) is 5.91 Å². The number of carbonyl (C=O) groups excluding carboxylic acids is 1. The number of carbonyl (C=O) groups is 1. The van der Waals surface area contributed by atoms with Crippen LogP contribution in [0.5, 0.6) is 0 Å². The maximum Gasteiger partial charge on any atom is 0.220 e. The van der Waals surface area contributed by atoms with Crippen LogP contribution in [0.3, 0.4) is 0 Å². The Hall–Kier alpha value is -0.320. The van der Waals surface area contributed by atoms with Crippen molar-refractivity contribution in [1.82, 2.24) is 10.6 Å². The predicted molar refractivity (Wildman–Crippen MR) is 85.4 cm³/mol. The van der Waals surface area contributed by atoms with Crippen LogP contribution in [0, 0.1) is 11.8 Å². The second-order valence-corrected chi connectivity index (χ2v) is 5.67. The first-order valence-corrected chi connectivity index (χ1v) is 7.70. The van der Waals surface area contributed by atoms with E-state index in [1.807, 2.05) is 0 Å². The van der Waals surface area contributed by atoms with E-state index < -0.39 is 0 Å². The number of hydrogen-bond acceptors (Lipinski definition) is 3. The Labute approximate surface area is 129 Å². The maximum absolute atomic E-state index is 11.8. The van der Waals surface area contributed by atoms with Gasteiger partial charge in [0.05, 0.1) is 6.61 Å². The number of rotatable bonds is 9. The van der Waals surface area contributed by atoms with Crippen LogP contribution in [0.1, 0.15) is 45.4 Å². The van der Waals surface area contributed by atoms with Crippen molar-refractivity contribution in [1.29, 1.82) is 0 Å². The monoisotopic (exact) mass is 306 g/mol. The Morgan fingerprint density at radius 1 is 1.20 bits per heavy atom. The third-order valence-electron chi connectivity index (χ3n) is 4.07. The molecule has 0 aliphatic heterocycles. The van der Waals surface area contributed by atoms with Gasteiger partial charge in [0.1, 0.15) is 0 Å². The minimum Gasteiger partial charge on any atom is -0.383 e. The van der Waals surface area contributed by atoms with Crippen LogP contribution in [-0.2, 0) is 9.53 Å². The van der Waals surface area contributed by atoms with Crippen molar-refractivity contribution in [3.05, 3.63) is 0 Å². The molecule has 0 heterocycles. The minimum absolute atomic E-state index is 0. The van der Waals surface area contributed by atoms with E-state index in [1.165, 1.54) is 32.1 Å². The first kappa shape index (κ1) is 19.7. The summed E-state index contributed by atoms with van der Waals surface area (Å²) in [6.07, 6.45) is 7.38. The molecule has 0 aromatic carbocycles. The molecule has 1 aliphatic carbocycles. The standard InChI is InChI=1S/C15H30N2O2.ClH/c1-13(14-6-4-3-5-7-14)12-15(18)17-9-8-16-10-11-19-2;/h13-14,16H,3-12H2,1-2H3,(H,17,18);1H. The lowest BCUT2D eigenvalue weighted by Crippen LogP contribution is -2.34. The van der Waals surface area contributed by atoms with E-state index >= 15 is 0 Å². The summed E-state index contributed by atoms with van der Waals surface area (Å²) in [6, 6.07) is 0. The van der Waals surface area contributed by atoms with E-state index in [1.54, 1.807) is 7.11 Å². The Morgan fingerprint density at radius 2 is 1.90 bits per heavy atom. The fourth-order valence-corrected chi connectivity index (χ4v) is 2.82. The van der Waals surface area contributed by atoms with Gasteiger partial charge in [-0.1, -0.05) is 39.0 Å². The minimum atomic E-state index is 0. The number of nitrogens with one attached hydrogen (secondary N) is 2. The highest BCUT2D eigenvalue weighted by molar-refractivity contribution is 5.85. The molecule has 2 N–H and O–H groups in total. The molecular formula is C15H31ClN2O2. The molecule has 0 aromatic rings. The lowest BCUT2D eigenvalue weighted by Gasteiger charge is -2.27. The number of halogens is 1. The van der Waals surface area contributed by atoms with Gasteiger partial charge in [-0.15, -0.1) is 12.4 Å². The summed E-state index contributed by atoms with van der Waals surface area (Å²) in [7, 11) is 1.69. The zero-order chi connectivity index (χ0) is 13.9. The molecule has 1 unspecified atom stereocenters. The van der Waals surface area contributed by atoms with Gasteiger partial charge in [0.15, 0.2) is 0 Å². The fourth-order valence-electron chi connectivity index (χ4n) is 2.82. The van der Waals surface area contributed by atoms with Gasteiger partial charge < -0.3 is 15.4 Å². The largest absolute Gasteiger partial charge is 0.383 e. The van der Waals surface area contributed by atoms with Crippen LogP contribution in [0.25, 0.3) is 0 Å². The zero-order valence-electron chi connectivity index (χ0n) is 13.0. The van der Waals surface area contributed by atoms with Crippen LogP contribution in [0.4, 0.5) is 0 Å². The molecule has 4 nitrogen and oxygen atoms in total. The van der Waals surface area contributed by atoms with Crippen LogP contribution >= 0.6 is 12.4 Å². The number of methoxy groups -OCH3 is 1. The molecule has 1 atom stereocenters. The Kier molecular flexibility index (Phi) is 12.2. The average Bonchev–Trinajstić information content (AvgIpc) is 2.43. The van der Waals surface area contributed by atoms with Crippen molar-refractivity contribution in [2.45, 2.75) is 45.4 Å². The second-order valence-electron chi connectivity index (χ2n) is 5.67. The van der Waals surface area contributed by atoms with Crippen molar-refractivity contribution >= 4 is 18.3 Å². The molecular weight excluding hydrogens is 276 g/mol. The van der Waals surface area contributed by atoms with Crippen LogP contribution in [0.15, 0.2) is 0 Å². The molecule has 1 fully saturated rings. The van der Waals surface area contributed by atoms with Crippen LogP contribution in [-0.4, -0.2) is 39.3 Å². The van der Waals surface area contributed by atoms with Gasteiger partial charge in [0.25, 0.3) is 0 Å². The summed E-state index contributed by atoms with van der Waals surface area (Å²) in [5.74, 6) is 1.49. The van der Waals surface area contributed by atoms with Crippen LogP contribution in [0.2, 0.25) is 0 Å². The summed E-state index contributed by atoms with van der Waals surface area (Å²) >= 11 is 0. The molecule has 120 valence electrons. The lowest BCUT2D eigenvalue weighted by molar-refractivity contribution is -0.122. The van der Waals surface area contributed by atoms with Gasteiger partial charge in [-0.3, -0.25) is 4.79 Å². The first-order valence-electron chi connectivity index (χ1n) is 7.70. The molecule has 20 heavy (non-hydrogen) atoms. The van der Waals surface area contributed by atoms with Crippen molar-refractivity contribution in [3.63, 3.8) is 0 Å². The van der Waals surface area contributed by atoms with Gasteiger partial charge >= 0.3 is 0 Å². The highest BCUT2D eigenvalue weighted by atomic mass is 35.5. The fraction of sp³-hybridized carbons (Fsp3) is 0.933. The number of hydrogen-bond donors (Lipinski definition) is 2. The molecule has 0 spiro atoms. The van der Waals surface area contributed by atoms with E-state index in [4.69, 9.17) is 4.74 Å². The Bertz CT molecular complexity index is 246. The van der Waals surface area contributed by atoms with Gasteiger partial charge in [0, 0.05) is 33.2 Å². The van der Waals surface area contributed by atoms with Gasteiger partial charge in [-0.05, 0) is 11.8 Å². The lowest BCUT2D eigenvalue weighted by atomic mass is 9.79. The number of ether oxygens (including phenoxy) is 1. The normalized spacial score (nSPS) is 17.3. The first-order chi connectivity index (χ1) is 9.24. The third kappa shape index (κ3) is 8.77. The SMILES string of the molecule is COCCNCCNC(=O)CC(C)C1CCCCC1.Cl. The third-order valence-corrected chi connectivity index (χ3v) is 4.07. The molecule has 0 radical (unpaired) electrons. The molecule has 0 bridgehead atoms. The highest BCUT2D eigenvalue weighted by Gasteiger charge is 2.21. The van der Waals surface area contributed by atoms with E-state index in [0.717, 1.165) is 19.0 Å². The smallest absolute Gasteiger partial charge is 0.220 e. The zero-order valence-corrected chi connectivity index (χ0v) is 13.8. The van der Waals surface area contributed by atoms with E-state index in [0.29, 0.717) is 25.5 Å². The van der Waals surface area contributed by atoms with E-state index in [9.17, 15) is 4.79 Å². The van der Waals surface area contributed by atoms with Crippen LogP contribution < -0.4 is 10.6 Å². The molecule has 1 rings (SSSR count). The summed E-state index contributed by atoms with van der Waals surface area (Å²) in [5.41, 5.74) is 0. The quantitative estimate of drug-likeness (QED) is 0.643. The van der Waals surface area contributed by atoms with Crippen molar-refractivity contribution in [3.8, 4) is 0 Å². The van der Waals surface area contributed by atoms with E-state index in [2.05, 4.69) is 17.6 Å². The van der Waals surface area contributed by atoms with E-state index in [-0.39, 0.29) is 18.3 Å². The summed E-state index contributed by atoms with van der Waals surface area (Å²) in [5, 5.41) is 6.21. The molecule has 0 aromatic heterocycles. The van der Waals surface area contributed by atoms with Crippen molar-refractivity contribution < 1.29 is 9.53 Å². The summed E-state index contributed by atoms with van der Waals surface area (Å²) in [6.45, 7) is 5.30. The highest BCUT2D eigenvalue weighted by Crippen LogP contribution is 2.31. The second kappa shape index (κ2) is 12.4. The molecule has 5 heteroatoms. The maximum atomic E-state index is 11.8. The molecule has 1 aliphatic rings. The summed E-state index contributed by atoms with van der Waals surface area (Å²) < 4.78 is 4.94. The average molecular weight is 307 g/mol. The van der Waals surface area contributed by atoms with Gasteiger partial charge in [-0.2, -0.15) is 0 Å². The molecule has 1 amide bonds. The van der Waals surface area contributed by atoms with Crippen molar-refractivity contribution in [2.75, 3.05) is 33.4 Å². The van der Waals surface area contributed by atoms with Gasteiger partial charge in [-0.25, -0.2) is 0 Å². The number of amides is 1. The molecule has 0 saturated heterocycles. The van der Waals surface area contributed by atoms with Crippen molar-refractivity contribution in [2.24, 2.45) is 11.8 Å². The topological polar surface area (TPSA) is 50.4 Å². The Balaban J connectivity index is 0.00000361. The predicted octanol–water partition coefficient (Wildman–Crippen LogP) is 2.37. The Morgan fingerprint density at radius 3 is 2.55 bits per heavy atom. The summed E-state index contributed by atoms with van der Waals surface area (Å²) in [4.78, 5) is 11.8. The molecule has 1 saturated carbocycles.